The van der Waals surface area contributed by atoms with Crippen molar-refractivity contribution in [2.24, 2.45) is 11.7 Å². The first kappa shape index (κ1) is 9.92. The highest BCUT2D eigenvalue weighted by molar-refractivity contribution is 4.87. The predicted molar refractivity (Wildman–Crippen MR) is 44.3 cm³/mol. The van der Waals surface area contributed by atoms with Gasteiger partial charge in [0.05, 0.1) is 18.8 Å². The van der Waals surface area contributed by atoms with Crippen LogP contribution in [0.5, 0.6) is 0 Å². The molecule has 1 saturated heterocycles. The Bertz CT molecular complexity index is 160. The zero-order valence-corrected chi connectivity index (χ0v) is 7.53. The van der Waals surface area contributed by atoms with E-state index in [1.807, 2.05) is 6.92 Å². The predicted octanol–water partition coefficient (Wildman–Crippen LogP) is -0.561. The topological polar surface area (TPSA) is 75.7 Å². The van der Waals surface area contributed by atoms with Crippen LogP contribution in [0.15, 0.2) is 0 Å². The summed E-state index contributed by atoms with van der Waals surface area (Å²) in [6, 6.07) is 0. The number of aliphatic hydroxyl groups excluding tert-OH is 2. The van der Waals surface area contributed by atoms with Gasteiger partial charge in [-0.25, -0.2) is 0 Å². The van der Waals surface area contributed by atoms with Gasteiger partial charge in [0.25, 0.3) is 0 Å². The summed E-state index contributed by atoms with van der Waals surface area (Å²) in [5, 5.41) is 18.4. The van der Waals surface area contributed by atoms with E-state index in [-0.39, 0.29) is 18.6 Å². The van der Waals surface area contributed by atoms with E-state index in [4.69, 9.17) is 15.6 Å². The Hall–Kier alpha value is -0.160. The van der Waals surface area contributed by atoms with Gasteiger partial charge in [0.2, 0.25) is 0 Å². The molecule has 12 heavy (non-hydrogen) atoms. The number of nitrogens with two attached hydrogens (primary N) is 1. The van der Waals surface area contributed by atoms with Gasteiger partial charge in [-0.05, 0) is 19.3 Å². The molecule has 4 N–H and O–H groups in total. The van der Waals surface area contributed by atoms with E-state index in [1.165, 1.54) is 0 Å². The minimum absolute atomic E-state index is 0.0410. The Balaban J connectivity index is 2.63. The van der Waals surface area contributed by atoms with E-state index in [0.717, 1.165) is 0 Å². The zero-order valence-electron chi connectivity index (χ0n) is 7.53. The third-order valence-corrected chi connectivity index (χ3v) is 2.48. The highest BCUT2D eigenvalue weighted by Crippen LogP contribution is 2.28. The van der Waals surface area contributed by atoms with Crippen LogP contribution in [0.2, 0.25) is 0 Å². The van der Waals surface area contributed by atoms with E-state index in [0.29, 0.717) is 6.42 Å². The Morgan fingerprint density at radius 2 is 2.25 bits per heavy atom. The van der Waals surface area contributed by atoms with Crippen molar-refractivity contribution in [3.8, 4) is 0 Å². The summed E-state index contributed by atoms with van der Waals surface area (Å²) in [7, 11) is 0. The number of hydrogen-bond donors (Lipinski definition) is 3. The van der Waals surface area contributed by atoms with Gasteiger partial charge < -0.3 is 20.7 Å². The van der Waals surface area contributed by atoms with Gasteiger partial charge in [-0.3, -0.25) is 0 Å². The van der Waals surface area contributed by atoms with Gasteiger partial charge >= 0.3 is 0 Å². The Labute approximate surface area is 72.3 Å². The van der Waals surface area contributed by atoms with Crippen molar-refractivity contribution in [3.63, 3.8) is 0 Å². The molecular formula is C8H17NO3. The Morgan fingerprint density at radius 1 is 1.67 bits per heavy atom. The van der Waals surface area contributed by atoms with E-state index in [9.17, 15) is 5.11 Å². The fourth-order valence-corrected chi connectivity index (χ4v) is 1.48. The van der Waals surface area contributed by atoms with Crippen LogP contribution >= 0.6 is 0 Å². The molecule has 1 heterocycles. The lowest BCUT2D eigenvalue weighted by molar-refractivity contribution is -0.205. The van der Waals surface area contributed by atoms with Crippen molar-refractivity contribution < 1.29 is 14.9 Å². The fourth-order valence-electron chi connectivity index (χ4n) is 1.48. The molecular weight excluding hydrogens is 158 g/mol. The van der Waals surface area contributed by atoms with Crippen LogP contribution in [-0.2, 0) is 4.74 Å². The highest BCUT2D eigenvalue weighted by atomic mass is 16.5. The molecule has 1 fully saturated rings. The quantitative estimate of drug-likeness (QED) is 0.499. The molecule has 4 nitrogen and oxygen atoms in total. The molecule has 0 aliphatic carbocycles. The smallest absolute Gasteiger partial charge is 0.140 e. The molecule has 1 aliphatic heterocycles. The molecule has 0 amide bonds. The van der Waals surface area contributed by atoms with Gasteiger partial charge in [0.15, 0.2) is 0 Å². The van der Waals surface area contributed by atoms with E-state index < -0.39 is 11.8 Å². The summed E-state index contributed by atoms with van der Waals surface area (Å²) >= 11 is 0. The van der Waals surface area contributed by atoms with Crippen molar-refractivity contribution in [1.29, 1.82) is 0 Å². The maximum atomic E-state index is 9.49. The summed E-state index contributed by atoms with van der Waals surface area (Å²) in [6.07, 6.45) is -0.309. The number of ether oxygens (including phenoxy) is 1. The molecule has 1 rings (SSSR count). The maximum absolute atomic E-state index is 9.49. The van der Waals surface area contributed by atoms with Crippen LogP contribution in [-0.4, -0.2) is 34.8 Å². The van der Waals surface area contributed by atoms with Crippen LogP contribution in [0.3, 0.4) is 0 Å². The molecule has 0 aromatic carbocycles. The lowest BCUT2D eigenvalue weighted by Gasteiger charge is -2.42. The molecule has 0 bridgehead atoms. The first-order chi connectivity index (χ1) is 5.47. The second-order valence-electron chi connectivity index (χ2n) is 3.75. The second kappa shape index (κ2) is 3.30. The second-order valence-corrected chi connectivity index (χ2v) is 3.75. The van der Waals surface area contributed by atoms with Crippen LogP contribution in [0.1, 0.15) is 20.3 Å². The normalized spacial score (nSPS) is 49.2. The minimum atomic E-state index is -1.01. The summed E-state index contributed by atoms with van der Waals surface area (Å²) in [5.74, 6) is 0.154. The van der Waals surface area contributed by atoms with Crippen molar-refractivity contribution >= 4 is 0 Å². The van der Waals surface area contributed by atoms with E-state index in [1.54, 1.807) is 6.92 Å². The summed E-state index contributed by atoms with van der Waals surface area (Å²) in [4.78, 5) is 0. The molecule has 4 unspecified atom stereocenters. The van der Waals surface area contributed by atoms with Crippen molar-refractivity contribution in [2.75, 3.05) is 6.61 Å². The maximum Gasteiger partial charge on any atom is 0.140 e. The van der Waals surface area contributed by atoms with Gasteiger partial charge in [-0.1, -0.05) is 6.92 Å². The van der Waals surface area contributed by atoms with Gasteiger partial charge in [0, 0.05) is 0 Å². The van der Waals surface area contributed by atoms with Gasteiger partial charge in [-0.2, -0.15) is 0 Å². The Morgan fingerprint density at radius 3 is 2.75 bits per heavy atom. The van der Waals surface area contributed by atoms with Crippen LogP contribution < -0.4 is 5.73 Å². The zero-order chi connectivity index (χ0) is 9.35. The summed E-state index contributed by atoms with van der Waals surface area (Å²) in [5.41, 5.74) is 4.65. The van der Waals surface area contributed by atoms with Crippen LogP contribution in [0.25, 0.3) is 0 Å². The van der Waals surface area contributed by atoms with Gasteiger partial charge in [0.1, 0.15) is 5.72 Å². The summed E-state index contributed by atoms with van der Waals surface area (Å²) < 4.78 is 5.33. The van der Waals surface area contributed by atoms with Crippen molar-refractivity contribution in [1.82, 2.24) is 0 Å². The van der Waals surface area contributed by atoms with E-state index in [2.05, 4.69) is 0 Å². The molecule has 0 saturated carbocycles. The third kappa shape index (κ3) is 1.77. The number of rotatable bonds is 1. The largest absolute Gasteiger partial charge is 0.394 e. The standard InChI is InChI=1S/C8H17NO3/c1-5-3-7(11)8(2,9)12-6(5)4-10/h5-7,10-11H,3-4,9H2,1-2H3. The SMILES string of the molecule is CC1CC(O)C(C)(N)OC1CO. The molecule has 0 spiro atoms. The first-order valence-corrected chi connectivity index (χ1v) is 4.23. The first-order valence-electron chi connectivity index (χ1n) is 4.23. The number of hydrogen-bond acceptors (Lipinski definition) is 4. The molecule has 4 atom stereocenters. The lowest BCUT2D eigenvalue weighted by Crippen LogP contribution is -2.58. The fraction of sp³-hybridized carbons (Fsp3) is 1.00. The van der Waals surface area contributed by atoms with Crippen molar-refractivity contribution in [2.45, 2.75) is 38.2 Å². The average molecular weight is 175 g/mol. The molecule has 1 aliphatic rings. The lowest BCUT2D eigenvalue weighted by atomic mass is 9.89. The molecule has 72 valence electrons. The van der Waals surface area contributed by atoms with Crippen LogP contribution in [0.4, 0.5) is 0 Å². The van der Waals surface area contributed by atoms with E-state index >= 15 is 0 Å². The Kier molecular flexibility index (Phi) is 2.73. The molecule has 4 heteroatoms. The molecule has 0 radical (unpaired) electrons. The minimum Gasteiger partial charge on any atom is -0.394 e. The highest BCUT2D eigenvalue weighted by Gasteiger charge is 2.40. The third-order valence-electron chi connectivity index (χ3n) is 2.48. The average Bonchev–Trinajstić information content (AvgIpc) is 1.97. The summed E-state index contributed by atoms with van der Waals surface area (Å²) in [6.45, 7) is 3.52. The van der Waals surface area contributed by atoms with Gasteiger partial charge in [-0.15, -0.1) is 0 Å². The number of aliphatic hydroxyl groups is 2. The molecule has 0 aromatic heterocycles. The van der Waals surface area contributed by atoms with Crippen molar-refractivity contribution in [3.05, 3.63) is 0 Å². The monoisotopic (exact) mass is 175 g/mol. The van der Waals surface area contributed by atoms with Crippen LogP contribution in [0, 0.1) is 5.92 Å². The molecule has 0 aromatic rings.